The predicted molar refractivity (Wildman–Crippen MR) is 97.5 cm³/mol. The second-order valence-electron chi connectivity index (χ2n) is 6.15. The number of piperidine rings is 1. The maximum absolute atomic E-state index is 5.82. The molecule has 0 aliphatic carbocycles. The molecule has 0 saturated carbocycles. The Balaban J connectivity index is 1.48. The van der Waals surface area contributed by atoms with Crippen molar-refractivity contribution in [3.05, 3.63) is 42.5 Å². The van der Waals surface area contributed by atoms with E-state index in [9.17, 15) is 0 Å². The fourth-order valence-corrected chi connectivity index (χ4v) is 2.85. The van der Waals surface area contributed by atoms with E-state index < -0.39 is 0 Å². The summed E-state index contributed by atoms with van der Waals surface area (Å²) in [6.07, 6.45) is 4.90. The van der Waals surface area contributed by atoms with Gasteiger partial charge in [0.15, 0.2) is 0 Å². The topological polar surface area (TPSA) is 82.5 Å². The van der Waals surface area contributed by atoms with E-state index in [-0.39, 0.29) is 0 Å². The second-order valence-corrected chi connectivity index (χ2v) is 6.15. The van der Waals surface area contributed by atoms with Gasteiger partial charge in [0.25, 0.3) is 0 Å². The van der Waals surface area contributed by atoms with Crippen LogP contribution in [0, 0.1) is 0 Å². The Morgan fingerprint density at radius 2 is 1.67 bits per heavy atom. The summed E-state index contributed by atoms with van der Waals surface area (Å²) in [6, 6.07) is 13.5. The lowest BCUT2D eigenvalue weighted by Crippen LogP contribution is -2.35. The van der Waals surface area contributed by atoms with Crippen molar-refractivity contribution in [1.82, 2.24) is 5.32 Å². The fraction of sp³-hybridized carbons (Fsp3) is 0.368. The quantitative estimate of drug-likeness (QED) is 0.707. The average molecular weight is 327 g/mol. The van der Waals surface area contributed by atoms with Crippen molar-refractivity contribution in [1.29, 1.82) is 0 Å². The van der Waals surface area contributed by atoms with Gasteiger partial charge in [-0.1, -0.05) is 6.42 Å². The van der Waals surface area contributed by atoms with Crippen LogP contribution in [0.3, 0.4) is 0 Å². The number of ether oxygens (including phenoxy) is 2. The molecule has 24 heavy (non-hydrogen) atoms. The third-order valence-electron chi connectivity index (χ3n) is 4.27. The summed E-state index contributed by atoms with van der Waals surface area (Å²) in [5, 5.41) is 3.53. The lowest BCUT2D eigenvalue weighted by molar-refractivity contribution is 0.268. The van der Waals surface area contributed by atoms with Gasteiger partial charge in [-0.05, 0) is 62.2 Å². The van der Waals surface area contributed by atoms with Crippen molar-refractivity contribution in [3.8, 4) is 17.2 Å². The SMILES string of the molecule is Nc1ccc(Oc2ccc(OCCC3CCCCN3)cc2)cc1N. The molecule has 1 saturated heterocycles. The standard InChI is InChI=1S/C19H25N3O2/c20-18-9-8-17(13-19(18)21)24-16-6-4-15(5-7-16)23-12-10-14-3-1-2-11-22-14/h4-9,13-14,22H,1-3,10-12,20-21H2. The van der Waals surface area contributed by atoms with Gasteiger partial charge in [-0.3, -0.25) is 0 Å². The molecule has 0 bridgehead atoms. The number of anilines is 2. The molecular weight excluding hydrogens is 302 g/mol. The van der Waals surface area contributed by atoms with Gasteiger partial charge in [0, 0.05) is 12.1 Å². The molecular formula is C19H25N3O2. The molecule has 128 valence electrons. The van der Waals surface area contributed by atoms with E-state index in [4.69, 9.17) is 20.9 Å². The summed E-state index contributed by atoms with van der Waals surface area (Å²) in [6.45, 7) is 1.86. The number of hydrogen-bond acceptors (Lipinski definition) is 5. The van der Waals surface area contributed by atoms with Crippen molar-refractivity contribution in [2.24, 2.45) is 0 Å². The molecule has 1 aliphatic rings. The third-order valence-corrected chi connectivity index (χ3v) is 4.27. The van der Waals surface area contributed by atoms with Crippen molar-refractivity contribution >= 4 is 11.4 Å². The Hall–Kier alpha value is -2.40. The highest BCUT2D eigenvalue weighted by Gasteiger charge is 2.12. The Bertz CT molecular complexity index is 652. The molecule has 1 heterocycles. The van der Waals surface area contributed by atoms with Crippen LogP contribution < -0.4 is 26.3 Å². The molecule has 3 rings (SSSR count). The number of hydrogen-bond donors (Lipinski definition) is 3. The van der Waals surface area contributed by atoms with E-state index in [1.807, 2.05) is 24.3 Å². The van der Waals surface area contributed by atoms with Crippen LogP contribution in [-0.2, 0) is 0 Å². The first-order chi connectivity index (χ1) is 11.7. The molecule has 2 aromatic rings. The van der Waals surface area contributed by atoms with Crippen molar-refractivity contribution < 1.29 is 9.47 Å². The number of benzene rings is 2. The normalized spacial score (nSPS) is 17.4. The maximum atomic E-state index is 5.82. The van der Waals surface area contributed by atoms with Crippen molar-refractivity contribution in [2.75, 3.05) is 24.6 Å². The minimum Gasteiger partial charge on any atom is -0.494 e. The van der Waals surface area contributed by atoms with Gasteiger partial charge in [0.05, 0.1) is 18.0 Å². The van der Waals surface area contributed by atoms with Gasteiger partial charge >= 0.3 is 0 Å². The fourth-order valence-electron chi connectivity index (χ4n) is 2.85. The Kier molecular flexibility index (Phi) is 5.43. The number of nitrogen functional groups attached to an aromatic ring is 2. The van der Waals surface area contributed by atoms with Crippen LogP contribution in [0.5, 0.6) is 17.2 Å². The zero-order valence-corrected chi connectivity index (χ0v) is 13.8. The molecule has 0 spiro atoms. The van der Waals surface area contributed by atoms with Gasteiger partial charge < -0.3 is 26.3 Å². The first kappa shape index (κ1) is 16.5. The summed E-state index contributed by atoms with van der Waals surface area (Å²) in [7, 11) is 0. The Labute approximate surface area is 142 Å². The summed E-state index contributed by atoms with van der Waals surface area (Å²) >= 11 is 0. The van der Waals surface area contributed by atoms with Crippen molar-refractivity contribution in [3.63, 3.8) is 0 Å². The highest BCUT2D eigenvalue weighted by molar-refractivity contribution is 5.65. The van der Waals surface area contributed by atoms with E-state index in [0.717, 1.165) is 31.1 Å². The molecule has 0 amide bonds. The predicted octanol–water partition coefficient (Wildman–Crippen LogP) is 3.55. The minimum atomic E-state index is 0.517. The van der Waals surface area contributed by atoms with Crippen LogP contribution in [0.4, 0.5) is 11.4 Å². The van der Waals surface area contributed by atoms with E-state index in [1.54, 1.807) is 18.2 Å². The van der Waals surface area contributed by atoms with Crippen LogP contribution in [0.1, 0.15) is 25.7 Å². The molecule has 1 atom stereocenters. The summed E-state index contributed by atoms with van der Waals surface area (Å²) in [5.41, 5.74) is 12.6. The van der Waals surface area contributed by atoms with Crippen LogP contribution in [0.15, 0.2) is 42.5 Å². The molecule has 0 aromatic heterocycles. The van der Waals surface area contributed by atoms with Gasteiger partial charge in [-0.15, -0.1) is 0 Å². The van der Waals surface area contributed by atoms with Crippen LogP contribution >= 0.6 is 0 Å². The molecule has 5 N–H and O–H groups in total. The Morgan fingerprint density at radius 3 is 2.38 bits per heavy atom. The molecule has 1 fully saturated rings. The lowest BCUT2D eigenvalue weighted by Gasteiger charge is -2.23. The second kappa shape index (κ2) is 7.93. The average Bonchev–Trinajstić information content (AvgIpc) is 2.61. The summed E-state index contributed by atoms with van der Waals surface area (Å²) in [4.78, 5) is 0. The van der Waals surface area contributed by atoms with Gasteiger partial charge in [0.2, 0.25) is 0 Å². The van der Waals surface area contributed by atoms with Crippen molar-refractivity contribution in [2.45, 2.75) is 31.7 Å². The van der Waals surface area contributed by atoms with E-state index in [1.165, 1.54) is 19.3 Å². The molecule has 1 aliphatic heterocycles. The first-order valence-electron chi connectivity index (χ1n) is 8.50. The molecule has 2 aromatic carbocycles. The number of rotatable bonds is 6. The monoisotopic (exact) mass is 327 g/mol. The van der Waals surface area contributed by atoms with E-state index in [2.05, 4.69) is 5.32 Å². The summed E-state index contributed by atoms with van der Waals surface area (Å²) in [5.74, 6) is 2.26. The van der Waals surface area contributed by atoms with E-state index >= 15 is 0 Å². The largest absolute Gasteiger partial charge is 0.494 e. The lowest BCUT2D eigenvalue weighted by atomic mass is 10.0. The number of nitrogens with two attached hydrogens (primary N) is 2. The zero-order chi connectivity index (χ0) is 16.8. The maximum Gasteiger partial charge on any atom is 0.129 e. The van der Waals surface area contributed by atoms with Crippen LogP contribution in [0.2, 0.25) is 0 Å². The highest BCUT2D eigenvalue weighted by atomic mass is 16.5. The van der Waals surface area contributed by atoms with E-state index in [0.29, 0.717) is 23.2 Å². The molecule has 1 unspecified atom stereocenters. The number of nitrogens with one attached hydrogen (secondary N) is 1. The van der Waals surface area contributed by atoms with Gasteiger partial charge in [-0.25, -0.2) is 0 Å². The minimum absolute atomic E-state index is 0.517. The molecule has 0 radical (unpaired) electrons. The van der Waals surface area contributed by atoms with Crippen LogP contribution in [0.25, 0.3) is 0 Å². The highest BCUT2D eigenvalue weighted by Crippen LogP contribution is 2.27. The molecule has 5 nitrogen and oxygen atoms in total. The van der Waals surface area contributed by atoms with Crippen LogP contribution in [-0.4, -0.2) is 19.2 Å². The Morgan fingerprint density at radius 1 is 0.917 bits per heavy atom. The molecule has 5 heteroatoms. The van der Waals surface area contributed by atoms with Gasteiger partial charge in [0.1, 0.15) is 17.2 Å². The third kappa shape index (κ3) is 4.55. The van der Waals surface area contributed by atoms with Gasteiger partial charge in [-0.2, -0.15) is 0 Å². The first-order valence-corrected chi connectivity index (χ1v) is 8.50. The summed E-state index contributed by atoms with van der Waals surface area (Å²) < 4.78 is 11.6. The smallest absolute Gasteiger partial charge is 0.129 e. The zero-order valence-electron chi connectivity index (χ0n) is 13.8.